The van der Waals surface area contributed by atoms with Gasteiger partial charge in [0.15, 0.2) is 37.7 Å². The van der Waals surface area contributed by atoms with Crippen molar-refractivity contribution >= 4 is 21.8 Å². The molecule has 82 heavy (non-hydrogen) atoms. The van der Waals surface area contributed by atoms with Crippen molar-refractivity contribution in [2.45, 2.75) is 218 Å². The van der Waals surface area contributed by atoms with Gasteiger partial charge in [-0.15, -0.1) is 0 Å². The SMILES string of the molecule is CC1C(O)[C@H](O)[C@H](CO)O[C@H]1O[C@@H]1C(O)[C@H](O)C(CO)O[C@@H]1OCC1O[C@@H](O[C@@H]2C(CO)O[C@@H](O[C@@H]3C(CO)O[C@@H](NC(=O)CBr)[C@@H](C)C3O)C(C)[C@H]2O)[C@H](O)C(O[C@H]2O[C@H](CO)[C@@H](O)C(O)C2O[C@@H]2OC(CO)[C@@H](O)C(O)[C@@H]2C)[C@@H]1O. The Labute approximate surface area is 477 Å². The van der Waals surface area contributed by atoms with Crippen LogP contribution in [0.1, 0.15) is 27.7 Å². The predicted molar refractivity (Wildman–Crippen MR) is 264 cm³/mol. The number of amides is 1. The molecule has 35 atom stereocenters. The van der Waals surface area contributed by atoms with Gasteiger partial charge in [0.2, 0.25) is 5.91 Å². The normalized spacial score (nSPS) is 51.4. The molecule has 7 rings (SSSR count). The van der Waals surface area contributed by atoms with Crippen LogP contribution in [0.5, 0.6) is 0 Å². The molecule has 14 unspecified atom stereocenters. The van der Waals surface area contributed by atoms with Crippen molar-refractivity contribution in [3.63, 3.8) is 0 Å². The molecule has 7 aliphatic rings. The molecule has 0 aromatic rings. The molecule has 0 aromatic carbocycles. The lowest BCUT2D eigenvalue weighted by Crippen LogP contribution is -2.68. The molecule has 1 amide bonds. The van der Waals surface area contributed by atoms with Gasteiger partial charge in [-0.05, 0) is 0 Å². The highest BCUT2D eigenvalue weighted by Crippen LogP contribution is 2.40. The number of aliphatic hydroxyl groups excluding tert-OH is 18. The molecule has 7 fully saturated rings. The zero-order chi connectivity index (χ0) is 60.3. The number of hydrogen-bond acceptors (Lipinski definition) is 32. The standard InChI is InChI=1S/C48H82BrNO32/c1-13-27(60)37(21(10-55)71-42(13)50-24(57)5-49)78-45-16(4)28(61)38(22(11-56)76-45)79-46-36(69)39(80-48-41(35(68)32(65)20(9-54)75-48)82-44-15(3)26(59)30(63)18(7-52)73-44)33(66)23(77-46)12-70-47-40(34(67)31(64)19(8-53)74-47)81-43-14(2)25(58)29(62)17(6-51)72-43/h13-23,25-48,51-56,58-69H,5-12H2,1-4H3,(H,50,57)/t13-,14?,15-,16?,17-,18?,19?,20+,21?,22?,23?,25?,26?,27?,28+,29+,30+,31+,32+,33+,34?,35?,36+,37+,38+,39?,40+,41?,42+,43-,44-,45-,46-,47-,48+/m0/s1. The summed E-state index contributed by atoms with van der Waals surface area (Å²) in [7, 11) is 0. The van der Waals surface area contributed by atoms with Crippen LogP contribution in [-0.2, 0) is 66.4 Å². The van der Waals surface area contributed by atoms with Crippen LogP contribution in [0.25, 0.3) is 0 Å². The van der Waals surface area contributed by atoms with Gasteiger partial charge in [-0.1, -0.05) is 43.6 Å². The first-order valence-corrected chi connectivity index (χ1v) is 28.2. The number of rotatable bonds is 21. The molecule has 33 nitrogen and oxygen atoms in total. The topological polar surface area (TPSA) is 513 Å². The van der Waals surface area contributed by atoms with E-state index in [1.807, 2.05) is 0 Å². The number of carbonyl (C=O) groups is 1. The Hall–Kier alpha value is -1.29. The van der Waals surface area contributed by atoms with E-state index in [0.717, 1.165) is 0 Å². The maximum Gasteiger partial charge on any atom is 0.232 e. The third kappa shape index (κ3) is 14.4. The van der Waals surface area contributed by atoms with Crippen LogP contribution in [-0.4, -0.2) is 340 Å². The second-order valence-electron chi connectivity index (χ2n) is 21.8. The van der Waals surface area contributed by atoms with E-state index in [1.54, 1.807) is 6.92 Å². The lowest BCUT2D eigenvalue weighted by atomic mass is 9.89. The van der Waals surface area contributed by atoms with Gasteiger partial charge in [0.1, 0.15) is 128 Å². The summed E-state index contributed by atoms with van der Waals surface area (Å²) in [5.41, 5.74) is 0. The summed E-state index contributed by atoms with van der Waals surface area (Å²) in [6.07, 6.45) is -52.7. The Bertz CT molecular complexity index is 1960. The molecule has 0 aromatic heterocycles. The van der Waals surface area contributed by atoms with E-state index in [-0.39, 0.29) is 5.33 Å². The van der Waals surface area contributed by atoms with Crippen LogP contribution in [0.4, 0.5) is 0 Å². The molecule has 0 bridgehead atoms. The van der Waals surface area contributed by atoms with Gasteiger partial charge in [0.25, 0.3) is 0 Å². The quantitative estimate of drug-likeness (QED) is 0.0475. The fraction of sp³-hybridized carbons (Fsp3) is 0.979. The van der Waals surface area contributed by atoms with Gasteiger partial charge in [-0.2, -0.15) is 0 Å². The summed E-state index contributed by atoms with van der Waals surface area (Å²) in [6.45, 7) is -0.268. The highest BCUT2D eigenvalue weighted by molar-refractivity contribution is 9.09. The summed E-state index contributed by atoms with van der Waals surface area (Å²) in [6, 6.07) is 0. The Morgan fingerprint density at radius 1 is 0.354 bits per heavy atom. The minimum atomic E-state index is -2.23. The highest BCUT2D eigenvalue weighted by atomic mass is 79.9. The van der Waals surface area contributed by atoms with Crippen molar-refractivity contribution in [3.05, 3.63) is 0 Å². The number of hydrogen-bond donors (Lipinski definition) is 19. The van der Waals surface area contributed by atoms with Crippen LogP contribution in [0.3, 0.4) is 0 Å². The molecular weight excluding hydrogens is 1180 g/mol. The van der Waals surface area contributed by atoms with Crippen LogP contribution < -0.4 is 5.32 Å². The van der Waals surface area contributed by atoms with Crippen molar-refractivity contribution in [2.24, 2.45) is 23.7 Å². The third-order valence-corrected chi connectivity index (χ3v) is 16.9. The predicted octanol–water partition coefficient (Wildman–Crippen LogP) is -10.7. The number of aliphatic hydroxyl groups is 18. The molecule has 0 saturated carbocycles. The van der Waals surface area contributed by atoms with Gasteiger partial charge in [-0.25, -0.2) is 0 Å². The molecule has 0 aliphatic carbocycles. The van der Waals surface area contributed by atoms with E-state index in [9.17, 15) is 96.7 Å². The van der Waals surface area contributed by atoms with Crippen molar-refractivity contribution in [1.29, 1.82) is 0 Å². The first kappa shape index (κ1) is 68.2. The minimum Gasteiger partial charge on any atom is -0.394 e. The van der Waals surface area contributed by atoms with E-state index in [0.29, 0.717) is 0 Å². The first-order valence-electron chi connectivity index (χ1n) is 27.0. The molecule has 34 heteroatoms. The number of alkyl halides is 1. The van der Waals surface area contributed by atoms with Crippen LogP contribution >= 0.6 is 15.9 Å². The van der Waals surface area contributed by atoms with Gasteiger partial charge in [0, 0.05) is 23.7 Å². The number of ether oxygens (including phenoxy) is 13. The zero-order valence-electron chi connectivity index (χ0n) is 45.0. The maximum atomic E-state index is 12.2. The Kier molecular flexibility index (Phi) is 24.8. The fourth-order valence-electron chi connectivity index (χ4n) is 11.0. The molecule has 19 N–H and O–H groups in total. The fourth-order valence-corrected chi connectivity index (χ4v) is 11.1. The molecule has 478 valence electrons. The summed E-state index contributed by atoms with van der Waals surface area (Å²) < 4.78 is 77.7. The Morgan fingerprint density at radius 2 is 0.695 bits per heavy atom. The number of nitrogens with one attached hydrogen (secondary N) is 1. The van der Waals surface area contributed by atoms with Crippen molar-refractivity contribution in [3.8, 4) is 0 Å². The summed E-state index contributed by atoms with van der Waals surface area (Å²) in [5.74, 6) is -4.63. The van der Waals surface area contributed by atoms with Gasteiger partial charge >= 0.3 is 0 Å². The second-order valence-corrected chi connectivity index (χ2v) is 22.4. The minimum absolute atomic E-state index is 0.0904. The largest absolute Gasteiger partial charge is 0.394 e. The first-order chi connectivity index (χ1) is 38.9. The summed E-state index contributed by atoms with van der Waals surface area (Å²) in [4.78, 5) is 12.2. The van der Waals surface area contributed by atoms with E-state index >= 15 is 0 Å². The van der Waals surface area contributed by atoms with E-state index in [1.165, 1.54) is 20.8 Å². The monoisotopic (exact) mass is 1260 g/mol. The third-order valence-electron chi connectivity index (χ3n) is 16.4. The van der Waals surface area contributed by atoms with Crippen molar-refractivity contribution in [1.82, 2.24) is 5.32 Å². The van der Waals surface area contributed by atoms with Crippen LogP contribution in [0.15, 0.2) is 0 Å². The average Bonchev–Trinajstić information content (AvgIpc) is 3.29. The highest BCUT2D eigenvalue weighted by Gasteiger charge is 2.58. The summed E-state index contributed by atoms with van der Waals surface area (Å²) >= 11 is 3.04. The number of carbonyl (C=O) groups excluding carboxylic acids is 1. The second kappa shape index (κ2) is 29.8. The molecule has 7 heterocycles. The lowest BCUT2D eigenvalue weighted by Gasteiger charge is -2.50. The van der Waals surface area contributed by atoms with E-state index in [2.05, 4.69) is 21.2 Å². The Balaban J connectivity index is 1.17. The molecule has 0 spiro atoms. The zero-order valence-corrected chi connectivity index (χ0v) is 46.6. The van der Waals surface area contributed by atoms with E-state index < -0.39 is 266 Å². The smallest absolute Gasteiger partial charge is 0.232 e. The van der Waals surface area contributed by atoms with Crippen molar-refractivity contribution < 1.29 is 158 Å². The molecule has 7 saturated heterocycles. The molecule has 0 radical (unpaired) electrons. The number of halogens is 1. The summed E-state index contributed by atoms with van der Waals surface area (Å²) in [5, 5.41) is 199. The van der Waals surface area contributed by atoms with E-state index in [4.69, 9.17) is 61.6 Å². The average molecular weight is 1270 g/mol. The molecular formula is C48H82BrNO32. The molecule has 7 aliphatic heterocycles. The van der Waals surface area contributed by atoms with Gasteiger partial charge < -0.3 is 159 Å². The van der Waals surface area contributed by atoms with Crippen LogP contribution in [0.2, 0.25) is 0 Å². The van der Waals surface area contributed by atoms with Gasteiger partial charge in [0.05, 0.1) is 76.0 Å². The van der Waals surface area contributed by atoms with Gasteiger partial charge in [-0.3, -0.25) is 4.79 Å². The van der Waals surface area contributed by atoms with Crippen molar-refractivity contribution in [2.75, 3.05) is 51.6 Å². The van der Waals surface area contributed by atoms with Crippen LogP contribution in [0, 0.1) is 23.7 Å². The maximum absolute atomic E-state index is 12.2. The lowest BCUT2D eigenvalue weighted by molar-refractivity contribution is -0.398. The Morgan fingerprint density at radius 3 is 1.16 bits per heavy atom.